The van der Waals surface area contributed by atoms with E-state index in [1.807, 2.05) is 87.2 Å². The molecule has 4 aliphatic heterocycles. The summed E-state index contributed by atoms with van der Waals surface area (Å²) in [7, 11) is 2.55. The van der Waals surface area contributed by atoms with E-state index in [1.165, 1.54) is 26.4 Å². The normalized spacial score (nSPS) is 21.9. The van der Waals surface area contributed by atoms with Crippen LogP contribution in [0.1, 0.15) is 137 Å². The summed E-state index contributed by atoms with van der Waals surface area (Å²) in [5.41, 5.74) is 6.41. The second-order valence-electron chi connectivity index (χ2n) is 21.4. The number of fused-ring (bicyclic) bond motifs is 2. The number of carbonyl (C=O) groups excluding carboxylic acids is 4. The highest BCUT2D eigenvalue weighted by Gasteiger charge is 2.41. The van der Waals surface area contributed by atoms with Gasteiger partial charge in [0.2, 0.25) is 11.8 Å². The van der Waals surface area contributed by atoms with Gasteiger partial charge in [-0.1, -0.05) is 70.2 Å². The summed E-state index contributed by atoms with van der Waals surface area (Å²) in [5, 5.41) is 5.44. The van der Waals surface area contributed by atoms with Crippen molar-refractivity contribution in [2.45, 2.75) is 121 Å². The van der Waals surface area contributed by atoms with E-state index in [2.05, 4.69) is 37.6 Å². The highest BCUT2D eigenvalue weighted by atomic mass is 19.1. The summed E-state index contributed by atoms with van der Waals surface area (Å²) in [6, 6.07) is 22.4. The summed E-state index contributed by atoms with van der Waals surface area (Å²) in [5.74, 6) is -0.524. The number of nitrogens with zero attached hydrogens (tertiary/aromatic N) is 6. The molecular weight excluding hydrogens is 959 g/mol. The Kier molecular flexibility index (Phi) is 14.7. The number of likely N-dealkylation sites (tertiary alicyclic amines) is 2. The lowest BCUT2D eigenvalue weighted by atomic mass is 9.90. The number of ether oxygens (including phenoxy) is 2. The molecule has 4 fully saturated rings. The number of aromatic amines is 2. The first-order valence-corrected chi connectivity index (χ1v) is 26.6. The van der Waals surface area contributed by atoms with E-state index in [4.69, 9.17) is 19.4 Å². The van der Waals surface area contributed by atoms with Gasteiger partial charge in [-0.3, -0.25) is 9.59 Å². The molecule has 0 saturated carbocycles. The van der Waals surface area contributed by atoms with Gasteiger partial charge in [0.15, 0.2) is 11.6 Å². The van der Waals surface area contributed by atoms with Crippen LogP contribution in [0.25, 0.3) is 22.1 Å². The molecule has 1 unspecified atom stereocenters. The average molecular weight is 1030 g/mol. The third kappa shape index (κ3) is 10.2. The maximum atomic E-state index is 16.9. The van der Waals surface area contributed by atoms with Gasteiger partial charge in [0.25, 0.3) is 0 Å². The minimum absolute atomic E-state index is 0.0110. The number of nitrogens with one attached hydrogen (secondary N) is 4. The van der Waals surface area contributed by atoms with Crippen molar-refractivity contribution in [1.82, 2.24) is 40.4 Å². The number of H-pyrrole nitrogens is 2. The molecule has 16 nitrogen and oxygen atoms in total. The summed E-state index contributed by atoms with van der Waals surface area (Å²) in [6.07, 6.45) is 4.70. The molecule has 396 valence electrons. The van der Waals surface area contributed by atoms with Gasteiger partial charge in [-0.2, -0.15) is 0 Å². The fourth-order valence-corrected chi connectivity index (χ4v) is 12.2. The molecule has 0 radical (unpaired) electrons. The first-order valence-electron chi connectivity index (χ1n) is 26.6. The van der Waals surface area contributed by atoms with Crippen molar-refractivity contribution in [3.8, 4) is 0 Å². The Morgan fingerprint density at radius 3 is 1.55 bits per heavy atom. The maximum Gasteiger partial charge on any atom is 0.407 e. The number of aromatic nitrogens is 4. The fourth-order valence-electron chi connectivity index (χ4n) is 12.2. The van der Waals surface area contributed by atoms with Gasteiger partial charge >= 0.3 is 12.2 Å². The number of alkyl carbamates (subject to hydrolysis) is 2. The van der Waals surface area contributed by atoms with Gasteiger partial charge in [-0.15, -0.1) is 0 Å². The molecule has 4 saturated heterocycles. The van der Waals surface area contributed by atoms with Gasteiger partial charge < -0.3 is 49.7 Å². The molecule has 6 heterocycles. The molecule has 4 amide bonds. The number of benzene rings is 4. The number of piperidine rings is 1. The monoisotopic (exact) mass is 1030 g/mol. The van der Waals surface area contributed by atoms with Crippen molar-refractivity contribution >= 4 is 57.4 Å². The molecule has 0 bridgehead atoms. The van der Waals surface area contributed by atoms with Crippen LogP contribution in [0.4, 0.5) is 29.7 Å². The van der Waals surface area contributed by atoms with E-state index in [0.717, 1.165) is 53.4 Å². The molecule has 0 spiro atoms. The Morgan fingerprint density at radius 1 is 0.600 bits per heavy atom. The van der Waals surface area contributed by atoms with Gasteiger partial charge in [0.1, 0.15) is 29.4 Å². The summed E-state index contributed by atoms with van der Waals surface area (Å²) >= 11 is 0. The molecule has 7 atom stereocenters. The first-order chi connectivity index (χ1) is 36.2. The number of methoxy groups -OCH3 is 2. The van der Waals surface area contributed by atoms with Crippen molar-refractivity contribution in [2.75, 3.05) is 50.2 Å². The molecule has 4 aliphatic rings. The largest absolute Gasteiger partial charge is 0.453 e. The lowest BCUT2D eigenvalue weighted by Gasteiger charge is -2.36. The van der Waals surface area contributed by atoms with Crippen LogP contribution in [-0.2, 0) is 19.1 Å². The number of hydrogen-bond acceptors (Lipinski definition) is 10. The second-order valence-corrected chi connectivity index (χ2v) is 21.4. The molecule has 10 rings (SSSR count). The Hall–Kier alpha value is -7.24. The highest BCUT2D eigenvalue weighted by Crippen LogP contribution is 2.49. The van der Waals surface area contributed by atoms with E-state index in [0.29, 0.717) is 80.2 Å². The SMILES string of the molecule is COC(=O)N[C@H](C(=O)N1CCC[C@H]1c1nc2cc([C@H]3CC[C@H](c4ccc5[nH]c([C@@H]6CCCN6C(=O)[C@@H](NC(=O)OC)C(C)C)nc5c4)N3c3cc(F)c(N4CCCC(c5ccccc5)C4)c(F)c3)ccc2[nH]1)C(C)C. The van der Waals surface area contributed by atoms with Gasteiger partial charge in [-0.25, -0.2) is 28.3 Å². The first kappa shape index (κ1) is 51.3. The standard InChI is InChI=1S/C57H68F2N10O6/c1-32(2)49(64-56(72)74-5)54(70)67-25-11-16-47(67)52-60-41-20-18-35(27-43(41)62-52)45-22-23-46(69(45)38-29-39(58)51(40(59)30-38)66-24-10-15-37(31-66)34-13-8-7-9-14-34)36-19-21-42-44(28-36)63-53(61-42)48-17-12-26-68(48)55(71)50(33(3)4)65-57(73)75-6/h7-9,13-14,18-21,27-30,32-33,37,45-50H,10-12,15-17,22-26,31H2,1-6H3,(H,60,62)(H,61,63)(H,64,72)(H,65,73)/t37?,45-,46-,47+,48+,49+,50+/m1/s1. The third-order valence-electron chi connectivity index (χ3n) is 16.0. The van der Waals surface area contributed by atoms with Gasteiger partial charge in [0, 0.05) is 37.8 Å². The van der Waals surface area contributed by atoms with Crippen LogP contribution in [0.2, 0.25) is 0 Å². The van der Waals surface area contributed by atoms with Crippen molar-refractivity contribution in [2.24, 2.45) is 11.8 Å². The predicted octanol–water partition coefficient (Wildman–Crippen LogP) is 10.3. The minimum atomic E-state index is -0.768. The molecular formula is C57H68F2N10O6. The van der Waals surface area contributed by atoms with Crippen LogP contribution in [0, 0.1) is 23.5 Å². The average Bonchev–Trinajstić information content (AvgIpc) is 4.28. The van der Waals surface area contributed by atoms with Crippen molar-refractivity contribution in [3.63, 3.8) is 0 Å². The number of hydrogen-bond donors (Lipinski definition) is 4. The van der Waals surface area contributed by atoms with E-state index in [1.54, 1.807) is 9.80 Å². The molecule has 18 heteroatoms. The number of imidazole rings is 2. The van der Waals surface area contributed by atoms with Gasteiger partial charge in [0.05, 0.1) is 60.5 Å². The Balaban J connectivity index is 0.978. The molecule has 2 aromatic heterocycles. The van der Waals surface area contributed by atoms with E-state index >= 15 is 8.78 Å². The number of halogens is 2. The lowest BCUT2D eigenvalue weighted by molar-refractivity contribution is -0.136. The van der Waals surface area contributed by atoms with Crippen LogP contribution in [-0.4, -0.2) is 106 Å². The molecule has 0 aliphatic carbocycles. The number of carbonyl (C=O) groups is 4. The van der Waals surface area contributed by atoms with Crippen molar-refractivity contribution < 1.29 is 37.4 Å². The zero-order valence-corrected chi connectivity index (χ0v) is 43.6. The summed E-state index contributed by atoms with van der Waals surface area (Å²) in [4.78, 5) is 77.2. The van der Waals surface area contributed by atoms with Crippen LogP contribution in [0.5, 0.6) is 0 Å². The number of rotatable bonds is 13. The van der Waals surface area contributed by atoms with E-state index in [9.17, 15) is 19.2 Å². The number of anilines is 2. The molecule has 75 heavy (non-hydrogen) atoms. The zero-order chi connectivity index (χ0) is 52.7. The highest BCUT2D eigenvalue weighted by molar-refractivity contribution is 5.88. The molecule has 4 aromatic carbocycles. The third-order valence-corrected chi connectivity index (χ3v) is 16.0. The van der Waals surface area contributed by atoms with Crippen LogP contribution in [0.15, 0.2) is 78.9 Å². The Bertz CT molecular complexity index is 2900. The summed E-state index contributed by atoms with van der Waals surface area (Å²) in [6.45, 7) is 9.63. The minimum Gasteiger partial charge on any atom is -0.453 e. The zero-order valence-electron chi connectivity index (χ0n) is 43.6. The number of amides is 4. The molecule has 4 N–H and O–H groups in total. The van der Waals surface area contributed by atoms with E-state index in [-0.39, 0.29) is 59.4 Å². The van der Waals surface area contributed by atoms with Crippen molar-refractivity contribution in [3.05, 3.63) is 119 Å². The van der Waals surface area contributed by atoms with Crippen LogP contribution in [0.3, 0.4) is 0 Å². The maximum absolute atomic E-state index is 16.9. The molecule has 6 aromatic rings. The second kappa shape index (κ2) is 21.5. The van der Waals surface area contributed by atoms with E-state index < -0.39 is 35.9 Å². The van der Waals surface area contributed by atoms with Crippen molar-refractivity contribution in [1.29, 1.82) is 0 Å². The topological polar surface area (TPSA) is 181 Å². The van der Waals surface area contributed by atoms with Crippen LogP contribution < -0.4 is 20.4 Å². The smallest absolute Gasteiger partial charge is 0.407 e. The summed E-state index contributed by atoms with van der Waals surface area (Å²) < 4.78 is 43.5. The lowest BCUT2D eigenvalue weighted by Crippen LogP contribution is -2.51. The van der Waals surface area contributed by atoms with Gasteiger partial charge in [-0.05, 0) is 116 Å². The van der Waals surface area contributed by atoms with Crippen LogP contribution >= 0.6 is 0 Å². The Morgan fingerprint density at radius 2 is 1.08 bits per heavy atom. The fraction of sp³-hybridized carbons (Fsp3) is 0.474. The Labute approximate surface area is 435 Å². The quantitative estimate of drug-likeness (QED) is 0.0869. The predicted molar refractivity (Wildman–Crippen MR) is 282 cm³/mol.